The maximum absolute atomic E-state index is 13.0. The average Bonchev–Trinajstić information content (AvgIpc) is 3.45. The van der Waals surface area contributed by atoms with E-state index < -0.39 is 29.4 Å². The molecule has 1 aromatic carbocycles. The van der Waals surface area contributed by atoms with Crippen LogP contribution in [0.15, 0.2) is 60.3 Å². The summed E-state index contributed by atoms with van der Waals surface area (Å²) in [7, 11) is 1.30. The van der Waals surface area contributed by atoms with E-state index >= 15 is 0 Å². The number of pyridine rings is 1. The van der Waals surface area contributed by atoms with Gasteiger partial charge in [-0.05, 0) is 36.4 Å². The van der Waals surface area contributed by atoms with Crippen LogP contribution in [0.1, 0.15) is 34.6 Å². The van der Waals surface area contributed by atoms with Gasteiger partial charge >= 0.3 is 18.2 Å². The van der Waals surface area contributed by atoms with Crippen LogP contribution in [0.3, 0.4) is 0 Å². The topological polar surface area (TPSA) is 101 Å². The van der Waals surface area contributed by atoms with Crippen molar-refractivity contribution in [1.82, 2.24) is 15.0 Å². The molecule has 0 bridgehead atoms. The zero-order valence-corrected chi connectivity index (χ0v) is 22.1. The van der Waals surface area contributed by atoms with E-state index in [2.05, 4.69) is 19.9 Å². The number of amides is 1. The molecule has 0 saturated carbocycles. The van der Waals surface area contributed by atoms with Crippen LogP contribution in [-0.2, 0) is 15.9 Å². The van der Waals surface area contributed by atoms with Gasteiger partial charge in [-0.1, -0.05) is 18.2 Å². The number of hydrogen-bond donors (Lipinski definition) is 1. The Morgan fingerprint density at radius 3 is 2.61 bits per heavy atom. The number of allylic oxidation sites excluding steroid dienone is 3. The van der Waals surface area contributed by atoms with Gasteiger partial charge in [0.25, 0.3) is 0 Å². The van der Waals surface area contributed by atoms with Gasteiger partial charge in [0.2, 0.25) is 0 Å². The Kier molecular flexibility index (Phi) is 6.55. The molecular formula is C29H26F3N5O4. The van der Waals surface area contributed by atoms with E-state index in [1.165, 1.54) is 18.1 Å². The summed E-state index contributed by atoms with van der Waals surface area (Å²) in [5.41, 5.74) is 1.20. The quantitative estimate of drug-likeness (QED) is 0.428. The van der Waals surface area contributed by atoms with Crippen LogP contribution < -0.4 is 9.80 Å². The number of carbonyl (C=O) groups is 2. The van der Waals surface area contributed by atoms with Crippen molar-refractivity contribution in [3.05, 3.63) is 77.3 Å². The van der Waals surface area contributed by atoms with Crippen LogP contribution >= 0.6 is 0 Å². The third-order valence-electron chi connectivity index (χ3n) is 7.68. The molecule has 1 N–H and O–H groups in total. The highest BCUT2D eigenvalue weighted by molar-refractivity contribution is 6.01. The lowest BCUT2D eigenvalue weighted by molar-refractivity contribution is -0.0883. The SMILES string of the molecule is COC(=O)c1ccccc1N1CC2(CCN(c3ccc(-c4nc5c([nH]4)CC=C(C(F)(F)F)C=C5)cn3)CC2)OC1=O. The molecule has 1 amide bonds. The van der Waals surface area contributed by atoms with Crippen molar-refractivity contribution < 1.29 is 32.2 Å². The summed E-state index contributed by atoms with van der Waals surface area (Å²) in [4.78, 5) is 40.9. The first kappa shape index (κ1) is 26.6. The molecule has 6 rings (SSSR count). The molecule has 2 aromatic heterocycles. The number of nitrogens with zero attached hydrogens (tertiary/aromatic N) is 4. The second kappa shape index (κ2) is 10.1. The van der Waals surface area contributed by atoms with Crippen molar-refractivity contribution in [3.63, 3.8) is 0 Å². The number of rotatable bonds is 4. The van der Waals surface area contributed by atoms with Crippen molar-refractivity contribution in [2.75, 3.05) is 36.5 Å². The highest BCUT2D eigenvalue weighted by Gasteiger charge is 2.48. The monoisotopic (exact) mass is 565 g/mol. The summed E-state index contributed by atoms with van der Waals surface area (Å²) in [5.74, 6) is 0.768. The molecule has 2 fully saturated rings. The Morgan fingerprint density at radius 2 is 1.90 bits per heavy atom. The van der Waals surface area contributed by atoms with E-state index in [1.807, 2.05) is 12.1 Å². The van der Waals surface area contributed by atoms with Gasteiger partial charge in [0.1, 0.15) is 17.2 Å². The number of alkyl halides is 3. The number of H-pyrrole nitrogens is 1. The summed E-state index contributed by atoms with van der Waals surface area (Å²) >= 11 is 0. The van der Waals surface area contributed by atoms with E-state index in [0.29, 0.717) is 66.5 Å². The zero-order chi connectivity index (χ0) is 28.8. The molecule has 9 nitrogen and oxygen atoms in total. The molecule has 2 saturated heterocycles. The van der Waals surface area contributed by atoms with E-state index in [-0.39, 0.29) is 6.42 Å². The zero-order valence-electron chi connectivity index (χ0n) is 22.1. The van der Waals surface area contributed by atoms with Gasteiger partial charge in [-0.3, -0.25) is 4.90 Å². The standard InChI is InChI=1S/C29H26F3N5O4/c1-40-26(38)20-4-2-3-5-23(20)37-17-28(41-27(37)39)12-14-36(15-13-28)24-11-6-18(16-33-24)25-34-21-9-7-19(29(30,31)32)8-10-22(21)35-25/h2-9,11,16H,10,12-15,17H2,1H3,(H,34,35). The number of anilines is 2. The number of ether oxygens (including phenoxy) is 2. The van der Waals surface area contributed by atoms with Gasteiger partial charge in [-0.2, -0.15) is 13.2 Å². The molecule has 3 aliphatic rings. The Bertz CT molecular complexity index is 1550. The number of hydrogen-bond acceptors (Lipinski definition) is 7. The van der Waals surface area contributed by atoms with Crippen molar-refractivity contribution in [3.8, 4) is 11.4 Å². The third kappa shape index (κ3) is 5.05. The number of benzene rings is 1. The molecule has 2 aliphatic heterocycles. The molecule has 0 atom stereocenters. The fourth-order valence-electron chi connectivity index (χ4n) is 5.43. The maximum atomic E-state index is 13.0. The predicted octanol–water partition coefficient (Wildman–Crippen LogP) is 5.31. The summed E-state index contributed by atoms with van der Waals surface area (Å²) in [6.07, 6.45) is 1.62. The molecule has 12 heteroatoms. The first-order valence-electron chi connectivity index (χ1n) is 13.1. The number of piperidine rings is 1. The molecule has 0 radical (unpaired) electrons. The summed E-state index contributed by atoms with van der Waals surface area (Å²) in [6, 6.07) is 10.5. The number of fused-ring (bicyclic) bond motifs is 1. The first-order valence-corrected chi connectivity index (χ1v) is 13.1. The Labute approximate surface area is 233 Å². The predicted molar refractivity (Wildman–Crippen MR) is 144 cm³/mol. The van der Waals surface area contributed by atoms with Crippen LogP contribution in [0.2, 0.25) is 0 Å². The van der Waals surface area contributed by atoms with Gasteiger partial charge < -0.3 is 19.4 Å². The van der Waals surface area contributed by atoms with Gasteiger partial charge in [0.05, 0.1) is 36.2 Å². The molecule has 1 aliphatic carbocycles. The molecule has 1 spiro atoms. The number of carbonyl (C=O) groups excluding carboxylic acids is 2. The summed E-state index contributed by atoms with van der Waals surface area (Å²) < 4.78 is 49.8. The maximum Gasteiger partial charge on any atom is 0.416 e. The lowest BCUT2D eigenvalue weighted by atomic mass is 9.91. The van der Waals surface area contributed by atoms with Gasteiger partial charge in [-0.15, -0.1) is 0 Å². The third-order valence-corrected chi connectivity index (χ3v) is 7.68. The average molecular weight is 566 g/mol. The lowest BCUT2D eigenvalue weighted by Crippen LogP contribution is -2.47. The fourth-order valence-corrected chi connectivity index (χ4v) is 5.43. The highest BCUT2D eigenvalue weighted by atomic mass is 19.4. The number of methoxy groups -OCH3 is 1. The Balaban J connectivity index is 1.11. The van der Waals surface area contributed by atoms with E-state index in [9.17, 15) is 22.8 Å². The fraction of sp³-hybridized carbons (Fsp3) is 0.310. The highest BCUT2D eigenvalue weighted by Crippen LogP contribution is 2.38. The molecule has 0 unspecified atom stereocenters. The number of esters is 1. The van der Waals surface area contributed by atoms with Crippen LogP contribution in [0.25, 0.3) is 17.5 Å². The van der Waals surface area contributed by atoms with Crippen LogP contribution in [0.4, 0.5) is 29.5 Å². The van der Waals surface area contributed by atoms with Crippen LogP contribution in [-0.4, -0.2) is 65.5 Å². The number of aromatic nitrogens is 3. The molecular weight excluding hydrogens is 539 g/mol. The molecule has 4 heterocycles. The largest absolute Gasteiger partial charge is 0.465 e. The summed E-state index contributed by atoms with van der Waals surface area (Å²) in [6.45, 7) is 1.55. The molecule has 212 valence electrons. The minimum Gasteiger partial charge on any atom is -0.465 e. The van der Waals surface area contributed by atoms with Crippen LogP contribution in [0.5, 0.6) is 0 Å². The van der Waals surface area contributed by atoms with Crippen LogP contribution in [0, 0.1) is 0 Å². The van der Waals surface area contributed by atoms with Crippen molar-refractivity contribution in [2.45, 2.75) is 31.0 Å². The number of para-hydroxylation sites is 1. The second-order valence-corrected chi connectivity index (χ2v) is 10.2. The minimum absolute atomic E-state index is 0.0987. The normalized spacial score (nSPS) is 18.1. The van der Waals surface area contributed by atoms with E-state index in [1.54, 1.807) is 30.5 Å². The van der Waals surface area contributed by atoms with Crippen molar-refractivity contribution in [2.24, 2.45) is 0 Å². The summed E-state index contributed by atoms with van der Waals surface area (Å²) in [5, 5.41) is 0. The Morgan fingerprint density at radius 1 is 1.12 bits per heavy atom. The van der Waals surface area contributed by atoms with Gasteiger partial charge in [0, 0.05) is 49.8 Å². The molecule has 41 heavy (non-hydrogen) atoms. The number of nitrogens with one attached hydrogen (secondary N) is 1. The number of aromatic amines is 1. The second-order valence-electron chi connectivity index (χ2n) is 10.2. The number of halogens is 3. The first-order chi connectivity index (χ1) is 19.7. The minimum atomic E-state index is -4.40. The Hall–Kier alpha value is -4.61. The van der Waals surface area contributed by atoms with Crippen molar-refractivity contribution >= 4 is 29.6 Å². The van der Waals surface area contributed by atoms with Gasteiger partial charge in [-0.25, -0.2) is 19.6 Å². The smallest absolute Gasteiger partial charge is 0.416 e. The van der Waals surface area contributed by atoms with Crippen molar-refractivity contribution in [1.29, 1.82) is 0 Å². The van der Waals surface area contributed by atoms with E-state index in [4.69, 9.17) is 9.47 Å². The lowest BCUT2D eigenvalue weighted by Gasteiger charge is -2.38. The number of imidazole rings is 1. The molecule has 3 aromatic rings. The van der Waals surface area contributed by atoms with E-state index in [0.717, 1.165) is 18.0 Å². The van der Waals surface area contributed by atoms with Gasteiger partial charge in [0.15, 0.2) is 0 Å².